The molecule has 1 amide bonds. The molecule has 2 aliphatic rings. The molecule has 30 heavy (non-hydrogen) atoms. The van der Waals surface area contributed by atoms with Crippen molar-refractivity contribution in [2.75, 3.05) is 25.0 Å². The van der Waals surface area contributed by atoms with Crippen molar-refractivity contribution in [1.82, 2.24) is 15.4 Å². The Morgan fingerprint density at radius 2 is 2.13 bits per heavy atom. The number of hydrogen-bond donors (Lipinski definition) is 3. The Morgan fingerprint density at radius 3 is 2.77 bits per heavy atom. The Labute approximate surface area is 192 Å². The Hall–Kier alpha value is -1.60. The quantitative estimate of drug-likeness (QED) is 0.255. The maximum absolute atomic E-state index is 11.0. The van der Waals surface area contributed by atoms with E-state index in [2.05, 4.69) is 36.0 Å². The lowest BCUT2D eigenvalue weighted by atomic mass is 9.72. The van der Waals surface area contributed by atoms with Crippen LogP contribution in [0.5, 0.6) is 0 Å². The molecule has 1 aliphatic heterocycles. The van der Waals surface area contributed by atoms with Crippen molar-refractivity contribution in [2.24, 2.45) is 5.41 Å². The number of carbonyl (C=O) groups excluding carboxylic acids is 1. The molecule has 1 fully saturated rings. The number of nitrogens with one attached hydrogen (secondary N) is 2. The maximum atomic E-state index is 11.0. The first-order chi connectivity index (χ1) is 13.4. The van der Waals surface area contributed by atoms with Gasteiger partial charge in [-0.3, -0.25) is 14.9 Å². The monoisotopic (exact) mass is 456 g/mol. The van der Waals surface area contributed by atoms with E-state index in [1.807, 2.05) is 12.1 Å². The summed E-state index contributed by atoms with van der Waals surface area (Å²) in [6, 6.07) is 4.24. The van der Waals surface area contributed by atoms with Gasteiger partial charge < -0.3 is 5.32 Å². The number of rotatable bonds is 6. The molecule has 8 heteroatoms. The van der Waals surface area contributed by atoms with Crippen LogP contribution in [0.3, 0.4) is 0 Å². The van der Waals surface area contributed by atoms with E-state index in [0.29, 0.717) is 11.5 Å². The minimum absolute atomic E-state index is 0. The first-order valence-electron chi connectivity index (χ1n) is 10.1. The first-order valence-corrected chi connectivity index (χ1v) is 10.1. The van der Waals surface area contributed by atoms with E-state index in [9.17, 15) is 4.79 Å². The van der Waals surface area contributed by atoms with Crippen LogP contribution in [0.4, 0.5) is 5.82 Å². The van der Waals surface area contributed by atoms with E-state index >= 15 is 0 Å². The van der Waals surface area contributed by atoms with Crippen LogP contribution in [0.25, 0.3) is 6.08 Å². The van der Waals surface area contributed by atoms with Crippen LogP contribution >= 0.6 is 24.8 Å². The number of halogens is 2. The molecule has 0 unspecified atom stereocenters. The van der Waals surface area contributed by atoms with Crippen LogP contribution in [0, 0.1) is 5.41 Å². The number of nitrogens with zero attached hydrogens (tertiary/aromatic N) is 2. The number of carbonyl (C=O) groups is 1. The second-order valence-electron chi connectivity index (χ2n) is 8.65. The van der Waals surface area contributed by atoms with Crippen molar-refractivity contribution in [3.63, 3.8) is 0 Å². The van der Waals surface area contributed by atoms with Crippen molar-refractivity contribution in [1.29, 1.82) is 0 Å². The molecule has 6 nitrogen and oxygen atoms in total. The summed E-state index contributed by atoms with van der Waals surface area (Å²) in [5.74, 6) is 0.295. The number of amides is 1. The molecule has 1 saturated heterocycles. The zero-order valence-electron chi connectivity index (χ0n) is 18.0. The molecular formula is C22H34Cl2N4O2. The van der Waals surface area contributed by atoms with Crippen LogP contribution in [0.1, 0.15) is 52.0 Å². The highest BCUT2D eigenvalue weighted by molar-refractivity contribution is 5.90. The summed E-state index contributed by atoms with van der Waals surface area (Å²) in [5.41, 5.74) is 5.93. The van der Waals surface area contributed by atoms with E-state index in [0.717, 1.165) is 37.4 Å². The van der Waals surface area contributed by atoms with Gasteiger partial charge in [0.2, 0.25) is 0 Å². The largest absolute Gasteiger partial charge is 0.366 e. The highest BCUT2D eigenvalue weighted by atomic mass is 35.5. The molecule has 1 aliphatic carbocycles. The average molecular weight is 457 g/mol. The standard InChI is InChI=1S/C22H32N4O2.2ClH/c1-16-5-4-11-22(2,3)19(16)15-26-12-10-18(14-26)24-20-8-6-17(13-23-20)7-9-21(27)25-28;;/h6-9,13,18,28H,4-5,10-12,14-15H2,1-3H3,(H,23,24)(H,25,27);2*1H/b9-7+;;/t18-;;/m1../s1. The van der Waals surface area contributed by atoms with Gasteiger partial charge in [-0.2, -0.15) is 0 Å². The molecule has 1 aromatic heterocycles. The average Bonchev–Trinajstić information content (AvgIpc) is 3.11. The normalized spacial score (nSPS) is 21.1. The van der Waals surface area contributed by atoms with Gasteiger partial charge in [-0.05, 0) is 61.8 Å². The van der Waals surface area contributed by atoms with E-state index in [1.54, 1.807) is 28.9 Å². The van der Waals surface area contributed by atoms with Crippen molar-refractivity contribution in [2.45, 2.75) is 52.5 Å². The van der Waals surface area contributed by atoms with E-state index in [4.69, 9.17) is 5.21 Å². The Kier molecular flexibility index (Phi) is 10.3. The van der Waals surface area contributed by atoms with Gasteiger partial charge in [-0.15, -0.1) is 24.8 Å². The smallest absolute Gasteiger partial charge is 0.267 e. The third-order valence-electron chi connectivity index (χ3n) is 6.02. The molecule has 2 heterocycles. The third-order valence-corrected chi connectivity index (χ3v) is 6.02. The highest BCUT2D eigenvalue weighted by Gasteiger charge is 2.31. The van der Waals surface area contributed by atoms with Crippen molar-refractivity contribution >= 4 is 42.6 Å². The van der Waals surface area contributed by atoms with Gasteiger partial charge in [0.15, 0.2) is 0 Å². The summed E-state index contributed by atoms with van der Waals surface area (Å²) < 4.78 is 0. The van der Waals surface area contributed by atoms with Crippen molar-refractivity contribution < 1.29 is 10.0 Å². The predicted octanol–water partition coefficient (Wildman–Crippen LogP) is 4.46. The number of hydroxylamine groups is 1. The lowest BCUT2D eigenvalue weighted by Gasteiger charge is -2.36. The van der Waals surface area contributed by atoms with Crippen LogP contribution in [0.15, 0.2) is 35.6 Å². The number of anilines is 1. The SMILES string of the molecule is CC1=C(CN2CC[C@@H](Nc3ccc(/C=C/C(=O)NO)cn3)C2)C(C)(C)CCC1.Cl.Cl. The first kappa shape index (κ1) is 26.4. The third kappa shape index (κ3) is 6.98. The zero-order chi connectivity index (χ0) is 20.1. The van der Waals surface area contributed by atoms with Gasteiger partial charge in [0.05, 0.1) is 0 Å². The summed E-state index contributed by atoms with van der Waals surface area (Å²) in [4.78, 5) is 18.0. The number of pyridine rings is 1. The second-order valence-corrected chi connectivity index (χ2v) is 8.65. The fourth-order valence-corrected chi connectivity index (χ4v) is 4.35. The van der Waals surface area contributed by atoms with Crippen LogP contribution in [0.2, 0.25) is 0 Å². The molecule has 0 bridgehead atoms. The summed E-state index contributed by atoms with van der Waals surface area (Å²) in [7, 11) is 0. The van der Waals surface area contributed by atoms with E-state index in [-0.39, 0.29) is 24.8 Å². The van der Waals surface area contributed by atoms with Gasteiger partial charge in [0.25, 0.3) is 5.91 Å². The Morgan fingerprint density at radius 1 is 1.37 bits per heavy atom. The van der Waals surface area contributed by atoms with E-state index < -0.39 is 5.91 Å². The molecule has 168 valence electrons. The summed E-state index contributed by atoms with van der Waals surface area (Å²) in [6.45, 7) is 10.3. The maximum Gasteiger partial charge on any atom is 0.267 e. The summed E-state index contributed by atoms with van der Waals surface area (Å²) >= 11 is 0. The Bertz CT molecular complexity index is 763. The lowest BCUT2D eigenvalue weighted by Crippen LogP contribution is -2.33. The summed E-state index contributed by atoms with van der Waals surface area (Å²) in [6.07, 6.45) is 9.57. The number of hydrogen-bond acceptors (Lipinski definition) is 5. The highest BCUT2D eigenvalue weighted by Crippen LogP contribution is 2.40. The molecule has 3 N–H and O–H groups in total. The minimum Gasteiger partial charge on any atom is -0.366 e. The fourth-order valence-electron chi connectivity index (χ4n) is 4.35. The zero-order valence-corrected chi connectivity index (χ0v) is 19.6. The minimum atomic E-state index is -0.556. The molecule has 0 spiro atoms. The van der Waals surface area contributed by atoms with Gasteiger partial charge in [-0.1, -0.05) is 25.0 Å². The Balaban J connectivity index is 0.00000225. The number of likely N-dealkylation sites (tertiary alicyclic amines) is 1. The van der Waals surface area contributed by atoms with Crippen LogP contribution < -0.4 is 10.8 Å². The lowest BCUT2D eigenvalue weighted by molar-refractivity contribution is -0.124. The molecule has 0 aromatic carbocycles. The van der Waals surface area contributed by atoms with Gasteiger partial charge in [0, 0.05) is 37.9 Å². The predicted molar refractivity (Wildman–Crippen MR) is 126 cm³/mol. The van der Waals surface area contributed by atoms with Crippen LogP contribution in [-0.2, 0) is 4.79 Å². The molecule has 1 atom stereocenters. The van der Waals surface area contributed by atoms with E-state index in [1.165, 1.54) is 25.3 Å². The van der Waals surface area contributed by atoms with Gasteiger partial charge >= 0.3 is 0 Å². The van der Waals surface area contributed by atoms with Crippen molar-refractivity contribution in [3.05, 3.63) is 41.1 Å². The molecule has 0 saturated carbocycles. The van der Waals surface area contributed by atoms with Gasteiger partial charge in [-0.25, -0.2) is 10.5 Å². The van der Waals surface area contributed by atoms with Crippen molar-refractivity contribution in [3.8, 4) is 0 Å². The second kappa shape index (κ2) is 11.7. The molecular weight excluding hydrogens is 423 g/mol. The molecule has 0 radical (unpaired) electrons. The van der Waals surface area contributed by atoms with Gasteiger partial charge in [0.1, 0.15) is 5.82 Å². The molecule has 1 aromatic rings. The number of allylic oxidation sites excluding steroid dienone is 1. The number of aromatic nitrogens is 1. The topological polar surface area (TPSA) is 77.5 Å². The molecule has 3 rings (SSSR count). The fraction of sp³-hybridized carbons (Fsp3) is 0.545. The summed E-state index contributed by atoms with van der Waals surface area (Å²) in [5, 5.41) is 12.0. The van der Waals surface area contributed by atoms with Crippen LogP contribution in [-0.4, -0.2) is 46.7 Å².